The van der Waals surface area contributed by atoms with E-state index in [1.807, 2.05) is 30.3 Å². The van der Waals surface area contributed by atoms with Crippen LogP contribution in [-0.2, 0) is 0 Å². The number of pyridine rings is 1. The molecule has 0 saturated heterocycles. The summed E-state index contributed by atoms with van der Waals surface area (Å²) in [5.41, 5.74) is 0. The lowest BCUT2D eigenvalue weighted by Crippen LogP contribution is -1.88. The van der Waals surface area contributed by atoms with E-state index in [4.69, 9.17) is 9.47 Å². The van der Waals surface area contributed by atoms with Gasteiger partial charge in [0.05, 0.1) is 0 Å². The van der Waals surface area contributed by atoms with E-state index in [2.05, 4.69) is 4.98 Å². The molecule has 3 nitrogen and oxygen atoms in total. The lowest BCUT2D eigenvalue weighted by Gasteiger charge is -2.08. The zero-order chi connectivity index (χ0) is 14.5. The fourth-order valence-electron chi connectivity index (χ4n) is 1.78. The highest BCUT2D eigenvalue weighted by Gasteiger charge is 2.01. The van der Waals surface area contributed by atoms with Crippen LogP contribution in [0.5, 0.6) is 23.0 Å². The van der Waals surface area contributed by atoms with Gasteiger partial charge in [-0.2, -0.15) is 4.39 Å². The molecule has 0 radical (unpaired) electrons. The van der Waals surface area contributed by atoms with Crippen molar-refractivity contribution >= 4 is 0 Å². The van der Waals surface area contributed by atoms with Gasteiger partial charge in [-0.1, -0.05) is 18.2 Å². The largest absolute Gasteiger partial charge is 0.457 e. The highest BCUT2D eigenvalue weighted by molar-refractivity contribution is 5.37. The van der Waals surface area contributed by atoms with Gasteiger partial charge >= 0.3 is 0 Å². The van der Waals surface area contributed by atoms with Crippen LogP contribution in [0.3, 0.4) is 0 Å². The Balaban J connectivity index is 1.69. The van der Waals surface area contributed by atoms with Gasteiger partial charge in [-0.05, 0) is 42.5 Å². The van der Waals surface area contributed by atoms with Crippen LogP contribution in [0, 0.1) is 5.95 Å². The zero-order valence-electron chi connectivity index (χ0n) is 11.1. The predicted molar refractivity (Wildman–Crippen MR) is 77.2 cm³/mol. The first-order chi connectivity index (χ1) is 10.3. The van der Waals surface area contributed by atoms with Crippen molar-refractivity contribution in [2.75, 3.05) is 0 Å². The molecule has 0 unspecified atom stereocenters. The third kappa shape index (κ3) is 3.57. The molecule has 0 fully saturated rings. The van der Waals surface area contributed by atoms with E-state index in [0.717, 1.165) is 5.75 Å². The van der Waals surface area contributed by atoms with E-state index >= 15 is 0 Å². The minimum Gasteiger partial charge on any atom is -0.457 e. The molecule has 0 bridgehead atoms. The number of rotatable bonds is 4. The SMILES string of the molecule is Fc1cc(Oc2ccc(Oc3ccccc3)cc2)ccn1. The van der Waals surface area contributed by atoms with E-state index in [1.165, 1.54) is 12.3 Å². The van der Waals surface area contributed by atoms with Gasteiger partial charge in [0.25, 0.3) is 0 Å². The van der Waals surface area contributed by atoms with E-state index in [1.54, 1.807) is 30.3 Å². The maximum Gasteiger partial charge on any atom is 0.216 e. The Morgan fingerprint density at radius 2 is 1.24 bits per heavy atom. The molecule has 0 amide bonds. The molecule has 0 saturated carbocycles. The fraction of sp³-hybridized carbons (Fsp3) is 0. The number of ether oxygens (including phenoxy) is 2. The average molecular weight is 281 g/mol. The Morgan fingerprint density at radius 3 is 1.86 bits per heavy atom. The van der Waals surface area contributed by atoms with Crippen LogP contribution in [0.25, 0.3) is 0 Å². The lowest BCUT2D eigenvalue weighted by molar-refractivity contribution is 0.463. The van der Waals surface area contributed by atoms with Crippen molar-refractivity contribution < 1.29 is 13.9 Å². The Morgan fingerprint density at radius 1 is 0.667 bits per heavy atom. The maximum atomic E-state index is 13.0. The molecule has 2 aromatic carbocycles. The first kappa shape index (κ1) is 13.1. The molecule has 3 rings (SSSR count). The first-order valence-corrected chi connectivity index (χ1v) is 6.42. The first-order valence-electron chi connectivity index (χ1n) is 6.42. The topological polar surface area (TPSA) is 31.4 Å². The number of benzene rings is 2. The molecule has 1 heterocycles. The molecule has 0 N–H and O–H groups in total. The highest BCUT2D eigenvalue weighted by atomic mass is 19.1. The summed E-state index contributed by atoms with van der Waals surface area (Å²) in [6, 6.07) is 19.4. The molecule has 3 aromatic rings. The van der Waals surface area contributed by atoms with E-state index in [0.29, 0.717) is 17.2 Å². The number of hydrogen-bond acceptors (Lipinski definition) is 3. The molecule has 0 aliphatic carbocycles. The molecule has 1 aromatic heterocycles. The minimum absolute atomic E-state index is 0.402. The van der Waals surface area contributed by atoms with Gasteiger partial charge in [0.2, 0.25) is 5.95 Å². The Kier molecular flexibility index (Phi) is 3.78. The molecule has 0 spiro atoms. The predicted octanol–water partition coefficient (Wildman–Crippen LogP) is 4.81. The van der Waals surface area contributed by atoms with Crippen molar-refractivity contribution in [2.45, 2.75) is 0 Å². The summed E-state index contributed by atoms with van der Waals surface area (Å²) in [6.45, 7) is 0. The molecule has 0 atom stereocenters. The van der Waals surface area contributed by atoms with E-state index < -0.39 is 5.95 Å². The molecular weight excluding hydrogens is 269 g/mol. The maximum absolute atomic E-state index is 13.0. The Bertz CT molecular complexity index is 714. The second-order valence-corrected chi connectivity index (χ2v) is 4.30. The Hall–Kier alpha value is -2.88. The van der Waals surface area contributed by atoms with Crippen LogP contribution >= 0.6 is 0 Å². The number of nitrogens with zero attached hydrogens (tertiary/aromatic N) is 1. The van der Waals surface area contributed by atoms with Crippen molar-refractivity contribution in [1.82, 2.24) is 4.98 Å². The summed E-state index contributed by atoms with van der Waals surface area (Å²) in [4.78, 5) is 3.48. The van der Waals surface area contributed by atoms with Crippen LogP contribution in [-0.4, -0.2) is 4.98 Å². The molecule has 0 aliphatic rings. The lowest BCUT2D eigenvalue weighted by atomic mass is 10.3. The highest BCUT2D eigenvalue weighted by Crippen LogP contribution is 2.26. The summed E-state index contributed by atoms with van der Waals surface area (Å²) in [5, 5.41) is 0. The van der Waals surface area contributed by atoms with Crippen molar-refractivity contribution in [3.63, 3.8) is 0 Å². The number of hydrogen-bond donors (Lipinski definition) is 0. The summed E-state index contributed by atoms with van der Waals surface area (Å²) in [5.74, 6) is 1.90. The van der Waals surface area contributed by atoms with Gasteiger partial charge < -0.3 is 9.47 Å². The standard InChI is InChI=1S/C17H12FNO2/c18-17-12-16(10-11-19-17)21-15-8-6-14(7-9-15)20-13-4-2-1-3-5-13/h1-12H. The third-order valence-corrected chi connectivity index (χ3v) is 2.74. The van der Waals surface area contributed by atoms with Crippen LogP contribution in [0.15, 0.2) is 72.9 Å². The second-order valence-electron chi connectivity index (χ2n) is 4.30. The normalized spacial score (nSPS) is 10.1. The zero-order valence-corrected chi connectivity index (χ0v) is 11.1. The second kappa shape index (κ2) is 6.05. The summed E-state index contributed by atoms with van der Waals surface area (Å²) >= 11 is 0. The van der Waals surface area contributed by atoms with E-state index in [9.17, 15) is 4.39 Å². The molecule has 104 valence electrons. The number of halogens is 1. The van der Waals surface area contributed by atoms with Crippen LogP contribution in [0.4, 0.5) is 4.39 Å². The van der Waals surface area contributed by atoms with Crippen molar-refractivity contribution in [1.29, 1.82) is 0 Å². The minimum atomic E-state index is -0.573. The van der Waals surface area contributed by atoms with E-state index in [-0.39, 0.29) is 0 Å². The van der Waals surface area contributed by atoms with Crippen LogP contribution in [0.1, 0.15) is 0 Å². The van der Waals surface area contributed by atoms with Crippen molar-refractivity contribution in [3.05, 3.63) is 78.9 Å². The third-order valence-electron chi connectivity index (χ3n) is 2.74. The van der Waals surface area contributed by atoms with Gasteiger partial charge in [-0.15, -0.1) is 0 Å². The van der Waals surface area contributed by atoms with Crippen molar-refractivity contribution in [3.8, 4) is 23.0 Å². The summed E-state index contributed by atoms with van der Waals surface area (Å²) < 4.78 is 24.2. The monoisotopic (exact) mass is 281 g/mol. The quantitative estimate of drug-likeness (QED) is 0.643. The summed E-state index contributed by atoms with van der Waals surface area (Å²) in [6.07, 6.45) is 1.36. The molecule has 21 heavy (non-hydrogen) atoms. The fourth-order valence-corrected chi connectivity index (χ4v) is 1.78. The Labute approximate surface area is 121 Å². The van der Waals surface area contributed by atoms with Gasteiger partial charge in [0.1, 0.15) is 23.0 Å². The molecular formula is C17H12FNO2. The number of para-hydroxylation sites is 1. The van der Waals surface area contributed by atoms with Crippen LogP contribution < -0.4 is 9.47 Å². The summed E-state index contributed by atoms with van der Waals surface area (Å²) in [7, 11) is 0. The average Bonchev–Trinajstić information content (AvgIpc) is 2.50. The van der Waals surface area contributed by atoms with Gasteiger partial charge in [0, 0.05) is 12.3 Å². The van der Waals surface area contributed by atoms with Gasteiger partial charge in [-0.3, -0.25) is 0 Å². The van der Waals surface area contributed by atoms with Crippen LogP contribution in [0.2, 0.25) is 0 Å². The molecule has 4 heteroatoms. The van der Waals surface area contributed by atoms with Gasteiger partial charge in [0.15, 0.2) is 0 Å². The smallest absolute Gasteiger partial charge is 0.216 e. The van der Waals surface area contributed by atoms with Crippen molar-refractivity contribution in [2.24, 2.45) is 0 Å². The number of aromatic nitrogens is 1. The van der Waals surface area contributed by atoms with Gasteiger partial charge in [-0.25, -0.2) is 4.98 Å². The molecule has 0 aliphatic heterocycles.